The molecule has 0 aliphatic heterocycles. The molecule has 0 saturated heterocycles. The molecule has 0 spiro atoms. The molecule has 1 unspecified atom stereocenters. The Bertz CT molecular complexity index is 1430. The number of para-hydroxylation sites is 1. The minimum atomic E-state index is -0.0461. The molecule has 5 rings (SSSR count). The molecule has 6 nitrogen and oxygen atoms in total. The Morgan fingerprint density at radius 1 is 0.950 bits per heavy atom. The molecular formula is C34H39N3O3. The fourth-order valence-electron chi connectivity index (χ4n) is 5.54. The lowest BCUT2D eigenvalue weighted by Crippen LogP contribution is -2.45. The molecular weight excluding hydrogens is 498 g/mol. The molecule has 1 aliphatic rings. The van der Waals surface area contributed by atoms with E-state index in [4.69, 9.17) is 4.74 Å². The van der Waals surface area contributed by atoms with E-state index in [1.807, 2.05) is 65.7 Å². The Morgan fingerprint density at radius 2 is 1.68 bits per heavy atom. The van der Waals surface area contributed by atoms with Gasteiger partial charge in [0.15, 0.2) is 0 Å². The van der Waals surface area contributed by atoms with Crippen molar-refractivity contribution in [2.75, 3.05) is 26.7 Å². The number of fused-ring (bicyclic) bond motifs is 1. The molecule has 1 aliphatic carbocycles. The third kappa shape index (κ3) is 6.56. The highest BCUT2D eigenvalue weighted by molar-refractivity contribution is 5.88. The number of H-pyrrole nitrogens is 1. The number of nitrogens with one attached hydrogen (secondary N) is 1. The van der Waals surface area contributed by atoms with Gasteiger partial charge in [0.1, 0.15) is 5.75 Å². The van der Waals surface area contributed by atoms with Crippen LogP contribution in [0.4, 0.5) is 0 Å². The zero-order valence-electron chi connectivity index (χ0n) is 23.7. The second-order valence-corrected chi connectivity index (χ2v) is 11.2. The van der Waals surface area contributed by atoms with Gasteiger partial charge in [0.2, 0.25) is 11.8 Å². The van der Waals surface area contributed by atoms with Gasteiger partial charge in [-0.25, -0.2) is 0 Å². The van der Waals surface area contributed by atoms with Gasteiger partial charge in [-0.2, -0.15) is 0 Å². The smallest absolute Gasteiger partial charge is 0.242 e. The van der Waals surface area contributed by atoms with Crippen LogP contribution in [0.2, 0.25) is 0 Å². The van der Waals surface area contributed by atoms with Crippen LogP contribution in [-0.4, -0.2) is 53.3 Å². The van der Waals surface area contributed by atoms with E-state index in [-0.39, 0.29) is 36.1 Å². The number of methoxy groups -OCH3 is 1. The number of hydrogen-bond donors (Lipinski definition) is 1. The quantitative estimate of drug-likeness (QED) is 0.240. The van der Waals surface area contributed by atoms with Crippen LogP contribution in [0.25, 0.3) is 10.9 Å². The van der Waals surface area contributed by atoms with E-state index in [9.17, 15) is 9.59 Å². The van der Waals surface area contributed by atoms with E-state index >= 15 is 0 Å². The standard InChI is InChI=1S/C34H39N3O3/c1-24(2)21-37(34(39)31-19-30(31)26-9-5-4-6-10-26)23-33(38)36(22-25-13-15-28(40-3)16-14-25)18-17-27-20-35-32-12-8-7-11-29(27)32/h4-16,20,24,30-31,35H,17-19,21-23H2,1-3H3/t30-,31?/m0/s1. The summed E-state index contributed by atoms with van der Waals surface area (Å²) in [5.74, 6) is 1.32. The summed E-state index contributed by atoms with van der Waals surface area (Å²) in [6.45, 7) is 5.90. The van der Waals surface area contributed by atoms with Gasteiger partial charge in [-0.15, -0.1) is 0 Å². The summed E-state index contributed by atoms with van der Waals surface area (Å²) in [4.78, 5) is 34.6. The van der Waals surface area contributed by atoms with Crippen LogP contribution in [0.3, 0.4) is 0 Å². The molecule has 1 fully saturated rings. The van der Waals surface area contributed by atoms with Crippen LogP contribution >= 0.6 is 0 Å². The zero-order valence-corrected chi connectivity index (χ0v) is 23.7. The van der Waals surface area contributed by atoms with Crippen molar-refractivity contribution in [2.45, 2.75) is 39.2 Å². The van der Waals surface area contributed by atoms with E-state index in [2.05, 4.69) is 43.1 Å². The van der Waals surface area contributed by atoms with E-state index in [0.29, 0.717) is 19.6 Å². The number of rotatable bonds is 12. The van der Waals surface area contributed by atoms with Gasteiger partial charge in [0, 0.05) is 42.7 Å². The van der Waals surface area contributed by atoms with Gasteiger partial charge < -0.3 is 19.5 Å². The van der Waals surface area contributed by atoms with E-state index in [0.717, 1.165) is 29.7 Å². The van der Waals surface area contributed by atoms with Gasteiger partial charge in [-0.3, -0.25) is 9.59 Å². The Balaban J connectivity index is 1.32. The number of benzene rings is 3. The fourth-order valence-corrected chi connectivity index (χ4v) is 5.54. The van der Waals surface area contributed by atoms with Gasteiger partial charge in [0.25, 0.3) is 0 Å². The van der Waals surface area contributed by atoms with E-state index < -0.39 is 0 Å². The third-order valence-corrected chi connectivity index (χ3v) is 7.77. The predicted octanol–water partition coefficient (Wildman–Crippen LogP) is 6.04. The largest absolute Gasteiger partial charge is 0.497 e. The highest BCUT2D eigenvalue weighted by atomic mass is 16.5. The Hall–Kier alpha value is -4.06. The van der Waals surface area contributed by atoms with Gasteiger partial charge in [-0.05, 0) is 59.6 Å². The summed E-state index contributed by atoms with van der Waals surface area (Å²) in [5, 5.41) is 1.18. The lowest BCUT2D eigenvalue weighted by atomic mass is 10.1. The molecule has 1 aromatic heterocycles. The summed E-state index contributed by atoms with van der Waals surface area (Å²) >= 11 is 0. The molecule has 4 aromatic rings. The highest BCUT2D eigenvalue weighted by Crippen LogP contribution is 2.48. The van der Waals surface area contributed by atoms with Gasteiger partial charge in [-0.1, -0.05) is 74.5 Å². The summed E-state index contributed by atoms with van der Waals surface area (Å²) in [5.41, 5.74) is 4.51. The Kier molecular flexibility index (Phi) is 8.54. The molecule has 6 heteroatoms. The molecule has 2 amide bonds. The average Bonchev–Trinajstić information content (AvgIpc) is 3.67. The van der Waals surface area contributed by atoms with Crippen molar-refractivity contribution in [3.05, 3.63) is 102 Å². The summed E-state index contributed by atoms with van der Waals surface area (Å²) in [6, 6.07) is 26.3. The number of amides is 2. The summed E-state index contributed by atoms with van der Waals surface area (Å²) in [6.07, 6.45) is 3.61. The fraction of sp³-hybridized carbons (Fsp3) is 0.353. The maximum Gasteiger partial charge on any atom is 0.242 e. The minimum absolute atomic E-state index is 0.0263. The molecule has 1 N–H and O–H groups in total. The van der Waals surface area contributed by atoms with Crippen molar-refractivity contribution in [3.8, 4) is 5.75 Å². The summed E-state index contributed by atoms with van der Waals surface area (Å²) < 4.78 is 5.32. The van der Waals surface area contributed by atoms with Crippen LogP contribution in [0.15, 0.2) is 85.1 Å². The molecule has 3 aromatic carbocycles. The van der Waals surface area contributed by atoms with Crippen molar-refractivity contribution >= 4 is 22.7 Å². The molecule has 40 heavy (non-hydrogen) atoms. The minimum Gasteiger partial charge on any atom is -0.497 e. The first-order chi connectivity index (χ1) is 19.4. The van der Waals surface area contributed by atoms with Gasteiger partial charge >= 0.3 is 0 Å². The van der Waals surface area contributed by atoms with E-state index in [1.165, 1.54) is 16.5 Å². The molecule has 208 valence electrons. The first-order valence-electron chi connectivity index (χ1n) is 14.2. The first kappa shape index (κ1) is 27.5. The third-order valence-electron chi connectivity index (χ3n) is 7.77. The summed E-state index contributed by atoms with van der Waals surface area (Å²) in [7, 11) is 1.65. The topological polar surface area (TPSA) is 65.6 Å². The number of ether oxygens (including phenoxy) is 1. The van der Waals surface area contributed by atoms with Crippen molar-refractivity contribution < 1.29 is 14.3 Å². The number of hydrogen-bond acceptors (Lipinski definition) is 3. The lowest BCUT2D eigenvalue weighted by molar-refractivity contribution is -0.142. The van der Waals surface area contributed by atoms with Crippen LogP contribution < -0.4 is 4.74 Å². The lowest BCUT2D eigenvalue weighted by Gasteiger charge is -2.29. The number of carbonyl (C=O) groups is 2. The van der Waals surface area contributed by atoms with Crippen molar-refractivity contribution in [3.63, 3.8) is 0 Å². The number of aromatic nitrogens is 1. The Morgan fingerprint density at radius 3 is 2.40 bits per heavy atom. The highest BCUT2D eigenvalue weighted by Gasteiger charge is 2.46. The van der Waals surface area contributed by atoms with Gasteiger partial charge in [0.05, 0.1) is 13.7 Å². The number of aromatic amines is 1. The number of carbonyl (C=O) groups excluding carboxylic acids is 2. The second kappa shape index (κ2) is 12.4. The SMILES string of the molecule is COc1ccc(CN(CCc2c[nH]c3ccccc23)C(=O)CN(CC(C)C)C(=O)C2C[C@H]2c2ccccc2)cc1. The maximum atomic E-state index is 13.9. The van der Waals surface area contributed by atoms with E-state index in [1.54, 1.807) is 12.0 Å². The average molecular weight is 538 g/mol. The normalized spacial score (nSPS) is 16.2. The monoisotopic (exact) mass is 537 g/mol. The molecule has 1 saturated carbocycles. The predicted molar refractivity (Wildman–Crippen MR) is 159 cm³/mol. The molecule has 0 radical (unpaired) electrons. The zero-order chi connectivity index (χ0) is 28.1. The van der Waals surface area contributed by atoms with Crippen molar-refractivity contribution in [1.29, 1.82) is 0 Å². The second-order valence-electron chi connectivity index (χ2n) is 11.2. The number of nitrogens with zero attached hydrogens (tertiary/aromatic N) is 2. The van der Waals surface area contributed by atoms with Crippen LogP contribution in [0, 0.1) is 11.8 Å². The van der Waals surface area contributed by atoms with Crippen molar-refractivity contribution in [2.24, 2.45) is 11.8 Å². The van der Waals surface area contributed by atoms with Crippen LogP contribution in [-0.2, 0) is 22.6 Å². The van der Waals surface area contributed by atoms with Crippen LogP contribution in [0.5, 0.6) is 5.75 Å². The first-order valence-corrected chi connectivity index (χ1v) is 14.2. The molecule has 1 heterocycles. The Labute approximate surface area is 236 Å². The van der Waals surface area contributed by atoms with Crippen molar-refractivity contribution in [1.82, 2.24) is 14.8 Å². The van der Waals surface area contributed by atoms with Crippen LogP contribution in [0.1, 0.15) is 42.9 Å². The molecule has 2 atom stereocenters. The maximum absolute atomic E-state index is 13.9. The molecule has 0 bridgehead atoms.